The Hall–Kier alpha value is -0.160. The van der Waals surface area contributed by atoms with Crippen molar-refractivity contribution in [2.75, 3.05) is 52.5 Å². The van der Waals surface area contributed by atoms with E-state index in [1.54, 1.807) is 0 Å². The van der Waals surface area contributed by atoms with Gasteiger partial charge in [0.25, 0.3) is 0 Å². The zero-order valence-corrected chi connectivity index (χ0v) is 12.7. The second-order valence-corrected chi connectivity index (χ2v) is 5.94. The molecule has 0 radical (unpaired) electrons. The molecule has 2 saturated heterocycles. The highest BCUT2D eigenvalue weighted by Crippen LogP contribution is 2.23. The number of nitrogens with one attached hydrogen (secondary N) is 1. The highest BCUT2D eigenvalue weighted by atomic mass is 16.5. The first-order valence-electron chi connectivity index (χ1n) is 8.07. The lowest BCUT2D eigenvalue weighted by Gasteiger charge is -2.47. The number of nitrogens with zero attached hydrogens (tertiary/aromatic N) is 2. The number of piperidine rings is 1. The first-order valence-corrected chi connectivity index (χ1v) is 8.07. The van der Waals surface area contributed by atoms with Crippen LogP contribution >= 0.6 is 0 Å². The van der Waals surface area contributed by atoms with Gasteiger partial charge in [-0.1, -0.05) is 6.42 Å². The van der Waals surface area contributed by atoms with Gasteiger partial charge in [0, 0.05) is 51.4 Å². The van der Waals surface area contributed by atoms with E-state index in [4.69, 9.17) is 4.74 Å². The fraction of sp³-hybridized carbons (Fsp3) is 1.00. The van der Waals surface area contributed by atoms with Gasteiger partial charge in [-0.3, -0.25) is 9.80 Å². The number of piperazine rings is 1. The predicted octanol–water partition coefficient (Wildman–Crippen LogP) is 1.17. The minimum absolute atomic E-state index is 0.711. The minimum Gasteiger partial charge on any atom is -0.380 e. The minimum atomic E-state index is 0.711. The van der Waals surface area contributed by atoms with Crippen LogP contribution in [0.2, 0.25) is 0 Å². The highest BCUT2D eigenvalue weighted by molar-refractivity contribution is 4.89. The lowest BCUT2D eigenvalue weighted by molar-refractivity contribution is 0.0158. The van der Waals surface area contributed by atoms with Crippen molar-refractivity contribution in [3.63, 3.8) is 0 Å². The third-order valence-electron chi connectivity index (χ3n) is 4.52. The maximum absolute atomic E-state index is 5.33. The average Bonchev–Trinajstić information content (AvgIpc) is 2.43. The molecule has 4 nitrogen and oxygen atoms in total. The molecule has 1 N–H and O–H groups in total. The summed E-state index contributed by atoms with van der Waals surface area (Å²) < 4.78 is 5.33. The first-order chi connectivity index (χ1) is 9.31. The largest absolute Gasteiger partial charge is 0.380 e. The summed E-state index contributed by atoms with van der Waals surface area (Å²) in [5.41, 5.74) is 0. The maximum Gasteiger partial charge on any atom is 0.0590 e. The first kappa shape index (κ1) is 15.2. The van der Waals surface area contributed by atoms with Gasteiger partial charge >= 0.3 is 0 Å². The molecule has 0 bridgehead atoms. The van der Waals surface area contributed by atoms with Crippen LogP contribution in [-0.4, -0.2) is 74.4 Å². The van der Waals surface area contributed by atoms with Crippen molar-refractivity contribution in [2.24, 2.45) is 0 Å². The van der Waals surface area contributed by atoms with Crippen molar-refractivity contribution < 1.29 is 4.74 Å². The van der Waals surface area contributed by atoms with Gasteiger partial charge in [-0.15, -0.1) is 0 Å². The fourth-order valence-corrected chi connectivity index (χ4v) is 3.36. The van der Waals surface area contributed by atoms with E-state index in [-0.39, 0.29) is 0 Å². The van der Waals surface area contributed by atoms with Gasteiger partial charge in [0.05, 0.1) is 6.61 Å². The molecule has 0 aromatic rings. The molecule has 2 aliphatic rings. The number of rotatable bonds is 7. The van der Waals surface area contributed by atoms with Crippen LogP contribution in [0.1, 0.15) is 33.1 Å². The molecule has 112 valence electrons. The van der Waals surface area contributed by atoms with Crippen LogP contribution in [0.3, 0.4) is 0 Å². The second-order valence-electron chi connectivity index (χ2n) is 5.94. The summed E-state index contributed by atoms with van der Waals surface area (Å²) in [6.07, 6.45) is 4.24. The second kappa shape index (κ2) is 8.20. The highest BCUT2D eigenvalue weighted by Gasteiger charge is 2.32. The molecule has 0 spiro atoms. The summed E-state index contributed by atoms with van der Waals surface area (Å²) in [6.45, 7) is 13.2. The molecule has 4 heteroatoms. The molecule has 2 fully saturated rings. The fourth-order valence-electron chi connectivity index (χ4n) is 3.36. The smallest absolute Gasteiger partial charge is 0.0590 e. The molecule has 2 aliphatic heterocycles. The van der Waals surface area contributed by atoms with Gasteiger partial charge in [0.15, 0.2) is 0 Å². The maximum atomic E-state index is 5.33. The Balaban J connectivity index is 1.63. The Morgan fingerprint density at radius 3 is 2.95 bits per heavy atom. The van der Waals surface area contributed by atoms with E-state index in [1.807, 2.05) is 6.92 Å². The molecule has 0 aromatic carbocycles. The van der Waals surface area contributed by atoms with Crippen LogP contribution < -0.4 is 5.32 Å². The summed E-state index contributed by atoms with van der Waals surface area (Å²) in [5, 5.41) is 3.48. The summed E-state index contributed by atoms with van der Waals surface area (Å²) in [4.78, 5) is 5.38. The molecule has 0 saturated carbocycles. The van der Waals surface area contributed by atoms with Crippen LogP contribution in [0, 0.1) is 0 Å². The van der Waals surface area contributed by atoms with E-state index in [0.717, 1.165) is 32.3 Å². The Bertz CT molecular complexity index is 250. The lowest BCUT2D eigenvalue weighted by atomic mass is 9.97. The topological polar surface area (TPSA) is 27.7 Å². The van der Waals surface area contributed by atoms with Crippen LogP contribution in [-0.2, 0) is 4.74 Å². The van der Waals surface area contributed by atoms with Gasteiger partial charge in [-0.2, -0.15) is 0 Å². The summed E-state index contributed by atoms with van der Waals surface area (Å²) in [7, 11) is 0. The van der Waals surface area contributed by atoms with E-state index in [2.05, 4.69) is 22.0 Å². The Morgan fingerprint density at radius 1 is 1.21 bits per heavy atom. The average molecular weight is 269 g/mol. The number of fused-ring (bicyclic) bond motifs is 1. The molecule has 0 aromatic heterocycles. The van der Waals surface area contributed by atoms with Gasteiger partial charge in [0.2, 0.25) is 0 Å². The summed E-state index contributed by atoms with van der Waals surface area (Å²) in [6, 6.07) is 1.54. The molecule has 2 heterocycles. The lowest BCUT2D eigenvalue weighted by Crippen LogP contribution is -2.59. The molecule has 0 amide bonds. The third-order valence-corrected chi connectivity index (χ3v) is 4.52. The van der Waals surface area contributed by atoms with Crippen molar-refractivity contribution in [3.05, 3.63) is 0 Å². The van der Waals surface area contributed by atoms with Crippen molar-refractivity contribution >= 4 is 0 Å². The molecule has 2 rings (SSSR count). The number of ether oxygens (including phenoxy) is 1. The number of hydrogen-bond donors (Lipinski definition) is 1. The van der Waals surface area contributed by atoms with Gasteiger partial charge in [-0.25, -0.2) is 0 Å². The van der Waals surface area contributed by atoms with Crippen molar-refractivity contribution in [1.82, 2.24) is 15.1 Å². The summed E-state index contributed by atoms with van der Waals surface area (Å²) >= 11 is 0. The van der Waals surface area contributed by atoms with Crippen LogP contribution in [0.15, 0.2) is 0 Å². The van der Waals surface area contributed by atoms with Crippen LogP contribution in [0.25, 0.3) is 0 Å². The summed E-state index contributed by atoms with van der Waals surface area (Å²) in [5.74, 6) is 0. The van der Waals surface area contributed by atoms with E-state index >= 15 is 0 Å². The molecule has 0 aliphatic carbocycles. The molecule has 2 unspecified atom stereocenters. The van der Waals surface area contributed by atoms with E-state index in [9.17, 15) is 0 Å². The van der Waals surface area contributed by atoms with E-state index in [1.165, 1.54) is 45.4 Å². The van der Waals surface area contributed by atoms with Gasteiger partial charge in [-0.05, 0) is 33.2 Å². The molecular weight excluding hydrogens is 238 g/mol. The van der Waals surface area contributed by atoms with Gasteiger partial charge in [0.1, 0.15) is 0 Å². The van der Waals surface area contributed by atoms with E-state index < -0.39 is 0 Å². The number of hydrogen-bond acceptors (Lipinski definition) is 4. The van der Waals surface area contributed by atoms with Gasteiger partial charge < -0.3 is 10.1 Å². The third kappa shape index (κ3) is 4.71. The van der Waals surface area contributed by atoms with Crippen molar-refractivity contribution in [3.8, 4) is 0 Å². The zero-order valence-electron chi connectivity index (χ0n) is 12.7. The molecule has 2 atom stereocenters. The molecule has 19 heavy (non-hydrogen) atoms. The monoisotopic (exact) mass is 269 g/mol. The quantitative estimate of drug-likeness (QED) is 0.702. The Morgan fingerprint density at radius 2 is 2.11 bits per heavy atom. The van der Waals surface area contributed by atoms with E-state index in [0.29, 0.717) is 6.04 Å². The molecular formula is C15H31N3O. The standard InChI is InChI=1S/C15H31N3O/c1-3-19-11-8-16-7-10-17-13-15-6-4-5-9-18(15)12-14(17)2/h14-16H,3-13H2,1-2H3. The predicted molar refractivity (Wildman–Crippen MR) is 79.6 cm³/mol. The van der Waals surface area contributed by atoms with Crippen molar-refractivity contribution in [1.29, 1.82) is 0 Å². The zero-order chi connectivity index (χ0) is 13.5. The Kier molecular flexibility index (Phi) is 6.57. The van der Waals surface area contributed by atoms with Crippen LogP contribution in [0.4, 0.5) is 0 Å². The normalized spacial score (nSPS) is 29.4. The Labute approximate surface area is 118 Å². The van der Waals surface area contributed by atoms with Crippen molar-refractivity contribution in [2.45, 2.75) is 45.2 Å². The SMILES string of the molecule is CCOCCNCCN1CC2CCCCN2CC1C. The van der Waals surface area contributed by atoms with Crippen LogP contribution in [0.5, 0.6) is 0 Å².